The van der Waals surface area contributed by atoms with Crippen LogP contribution in [0.2, 0.25) is 0 Å². The van der Waals surface area contributed by atoms with Crippen molar-refractivity contribution < 1.29 is 45.4 Å². The highest BCUT2D eigenvalue weighted by Crippen LogP contribution is 2.31. The van der Waals surface area contributed by atoms with Gasteiger partial charge in [-0.25, -0.2) is 4.68 Å². The lowest BCUT2D eigenvalue weighted by Gasteiger charge is -2.22. The van der Waals surface area contributed by atoms with Crippen LogP contribution in [0.4, 0.5) is 26.3 Å². The van der Waals surface area contributed by atoms with E-state index < -0.39 is 48.6 Å². The third-order valence-electron chi connectivity index (χ3n) is 3.82. The summed E-state index contributed by atoms with van der Waals surface area (Å²) in [5.41, 5.74) is -1.72. The van der Waals surface area contributed by atoms with Crippen LogP contribution in [0.25, 0.3) is 5.69 Å². The highest BCUT2D eigenvalue weighted by molar-refractivity contribution is 5.96. The van der Waals surface area contributed by atoms with Crippen molar-refractivity contribution in [1.29, 1.82) is 0 Å². The van der Waals surface area contributed by atoms with E-state index in [4.69, 9.17) is 4.74 Å². The first-order valence-corrected chi connectivity index (χ1v) is 8.68. The van der Waals surface area contributed by atoms with Crippen LogP contribution in [0.1, 0.15) is 23.0 Å². The maximum atomic E-state index is 12.9. The van der Waals surface area contributed by atoms with E-state index in [0.29, 0.717) is 0 Å². The second-order valence-electron chi connectivity index (χ2n) is 6.12. The number of aromatic nitrogens is 2. The van der Waals surface area contributed by atoms with Gasteiger partial charge in [-0.1, -0.05) is 6.07 Å². The van der Waals surface area contributed by atoms with Gasteiger partial charge in [0.15, 0.2) is 11.4 Å². The molecule has 170 valence electrons. The monoisotopic (exact) mass is 453 g/mol. The first kappa shape index (κ1) is 24.0. The zero-order chi connectivity index (χ0) is 23.4. The van der Waals surface area contributed by atoms with Gasteiger partial charge in [0.1, 0.15) is 13.1 Å². The first-order chi connectivity index (χ1) is 14.4. The highest BCUT2D eigenvalue weighted by atomic mass is 19.4. The van der Waals surface area contributed by atoms with Gasteiger partial charge in [-0.05, 0) is 25.1 Å². The SMILES string of the molecule is CCOC(=O)CN(CC(F)(F)F)C(=O)c1nn(-c2cccc(C(F)(F)F)c2)cc1OC. The number of hydrogen-bond donors (Lipinski definition) is 0. The number of carbonyl (C=O) groups is 2. The van der Waals surface area contributed by atoms with E-state index in [0.717, 1.165) is 36.2 Å². The molecule has 2 aromatic rings. The van der Waals surface area contributed by atoms with E-state index in [9.17, 15) is 35.9 Å². The molecule has 0 bridgehead atoms. The number of carbonyl (C=O) groups excluding carboxylic acids is 2. The Morgan fingerprint density at radius 3 is 2.39 bits per heavy atom. The highest BCUT2D eigenvalue weighted by Gasteiger charge is 2.36. The van der Waals surface area contributed by atoms with Crippen LogP contribution >= 0.6 is 0 Å². The largest absolute Gasteiger partial charge is 0.493 e. The van der Waals surface area contributed by atoms with Gasteiger partial charge >= 0.3 is 18.3 Å². The molecule has 0 unspecified atom stereocenters. The molecule has 0 atom stereocenters. The van der Waals surface area contributed by atoms with Crippen molar-refractivity contribution in [2.45, 2.75) is 19.3 Å². The lowest BCUT2D eigenvalue weighted by atomic mass is 10.2. The van der Waals surface area contributed by atoms with Crippen molar-refractivity contribution in [1.82, 2.24) is 14.7 Å². The van der Waals surface area contributed by atoms with Crippen molar-refractivity contribution in [3.63, 3.8) is 0 Å². The van der Waals surface area contributed by atoms with E-state index in [1.54, 1.807) is 0 Å². The molecule has 1 heterocycles. The second kappa shape index (κ2) is 9.27. The quantitative estimate of drug-likeness (QED) is 0.474. The van der Waals surface area contributed by atoms with E-state index in [1.165, 1.54) is 13.0 Å². The standard InChI is InChI=1S/C18H17F6N3O4/c1-3-31-14(28)9-26(10-17(19,20)21)16(29)15-13(30-2)8-27(25-15)12-6-4-5-11(7-12)18(22,23)24/h4-8H,3,9-10H2,1-2H3. The van der Waals surface area contributed by atoms with Gasteiger partial charge in [-0.15, -0.1) is 0 Å². The summed E-state index contributed by atoms with van der Waals surface area (Å²) in [5.74, 6) is -2.68. The summed E-state index contributed by atoms with van der Waals surface area (Å²) in [7, 11) is 1.10. The molecule has 0 radical (unpaired) electrons. The fourth-order valence-electron chi connectivity index (χ4n) is 2.54. The van der Waals surface area contributed by atoms with Crippen LogP contribution in [0.3, 0.4) is 0 Å². The van der Waals surface area contributed by atoms with Gasteiger partial charge in [0.05, 0.1) is 31.2 Å². The Balaban J connectivity index is 2.43. The molecule has 31 heavy (non-hydrogen) atoms. The average molecular weight is 453 g/mol. The number of hydrogen-bond acceptors (Lipinski definition) is 5. The normalized spacial score (nSPS) is 11.9. The summed E-state index contributed by atoms with van der Waals surface area (Å²) in [6.45, 7) is -1.45. The van der Waals surface area contributed by atoms with Crippen molar-refractivity contribution in [3.05, 3.63) is 41.7 Å². The van der Waals surface area contributed by atoms with Crippen molar-refractivity contribution >= 4 is 11.9 Å². The van der Waals surface area contributed by atoms with Crippen LogP contribution in [-0.2, 0) is 15.7 Å². The molecule has 7 nitrogen and oxygen atoms in total. The summed E-state index contributed by atoms with van der Waals surface area (Å²) in [4.78, 5) is 24.5. The number of rotatable bonds is 7. The Morgan fingerprint density at radius 2 is 1.84 bits per heavy atom. The Bertz CT molecular complexity index is 939. The van der Waals surface area contributed by atoms with E-state index in [-0.39, 0.29) is 22.9 Å². The fourth-order valence-corrected chi connectivity index (χ4v) is 2.54. The smallest absolute Gasteiger partial charge is 0.416 e. The van der Waals surface area contributed by atoms with Gasteiger partial charge in [0.25, 0.3) is 5.91 Å². The molecule has 1 amide bonds. The van der Waals surface area contributed by atoms with Gasteiger partial charge in [-0.2, -0.15) is 31.4 Å². The van der Waals surface area contributed by atoms with Gasteiger partial charge in [-0.3, -0.25) is 9.59 Å². The predicted octanol–water partition coefficient (Wildman–Crippen LogP) is 3.47. The Morgan fingerprint density at radius 1 is 1.16 bits per heavy atom. The number of esters is 1. The molecule has 1 aromatic heterocycles. The molecule has 0 aliphatic heterocycles. The lowest BCUT2D eigenvalue weighted by Crippen LogP contribution is -2.42. The molecular weight excluding hydrogens is 436 g/mol. The topological polar surface area (TPSA) is 73.7 Å². The van der Waals surface area contributed by atoms with E-state index in [1.807, 2.05) is 0 Å². The van der Waals surface area contributed by atoms with Gasteiger partial charge in [0.2, 0.25) is 0 Å². The van der Waals surface area contributed by atoms with Crippen molar-refractivity contribution in [3.8, 4) is 11.4 Å². The Hall–Kier alpha value is -3.25. The van der Waals surface area contributed by atoms with Crippen LogP contribution in [0.15, 0.2) is 30.5 Å². The maximum Gasteiger partial charge on any atom is 0.416 e. The molecule has 0 N–H and O–H groups in total. The van der Waals surface area contributed by atoms with Crippen molar-refractivity contribution in [2.24, 2.45) is 0 Å². The maximum absolute atomic E-state index is 12.9. The summed E-state index contributed by atoms with van der Waals surface area (Å²) < 4.78 is 88.0. The minimum absolute atomic E-state index is 0.111. The zero-order valence-electron chi connectivity index (χ0n) is 16.3. The molecule has 1 aromatic carbocycles. The third-order valence-corrected chi connectivity index (χ3v) is 3.82. The number of ether oxygens (including phenoxy) is 2. The number of nitrogens with zero attached hydrogens (tertiary/aromatic N) is 3. The average Bonchev–Trinajstić information content (AvgIpc) is 3.10. The molecular formula is C18H17F6N3O4. The summed E-state index contributed by atoms with van der Waals surface area (Å²) in [6, 6.07) is 3.92. The van der Waals surface area contributed by atoms with Crippen LogP contribution < -0.4 is 4.74 Å². The molecule has 0 spiro atoms. The Labute approximate surface area is 172 Å². The summed E-state index contributed by atoms with van der Waals surface area (Å²) in [5, 5.41) is 3.79. The molecule has 0 saturated carbocycles. The summed E-state index contributed by atoms with van der Waals surface area (Å²) >= 11 is 0. The first-order valence-electron chi connectivity index (χ1n) is 8.68. The zero-order valence-corrected chi connectivity index (χ0v) is 16.3. The molecule has 13 heteroatoms. The molecule has 0 aliphatic carbocycles. The number of methoxy groups -OCH3 is 1. The number of alkyl halides is 6. The minimum atomic E-state index is -4.83. The molecule has 0 fully saturated rings. The molecule has 0 aliphatic rings. The predicted molar refractivity (Wildman–Crippen MR) is 93.7 cm³/mol. The van der Waals surface area contributed by atoms with Crippen LogP contribution in [-0.4, -0.2) is 59.5 Å². The van der Waals surface area contributed by atoms with Crippen LogP contribution in [0, 0.1) is 0 Å². The van der Waals surface area contributed by atoms with Gasteiger partial charge < -0.3 is 14.4 Å². The molecule has 0 saturated heterocycles. The molecule has 2 rings (SSSR count). The van der Waals surface area contributed by atoms with E-state index in [2.05, 4.69) is 9.84 Å². The van der Waals surface area contributed by atoms with Crippen molar-refractivity contribution in [2.75, 3.05) is 26.8 Å². The number of amides is 1. The minimum Gasteiger partial charge on any atom is -0.493 e. The fraction of sp³-hybridized carbons (Fsp3) is 0.389. The van der Waals surface area contributed by atoms with E-state index >= 15 is 0 Å². The lowest BCUT2D eigenvalue weighted by molar-refractivity contribution is -0.153. The third kappa shape index (κ3) is 6.36. The van der Waals surface area contributed by atoms with Gasteiger partial charge in [0, 0.05) is 0 Å². The number of benzene rings is 1. The van der Waals surface area contributed by atoms with Crippen LogP contribution in [0.5, 0.6) is 5.75 Å². The number of halogens is 6. The summed E-state index contributed by atoms with van der Waals surface area (Å²) in [6.07, 6.45) is -8.44. The second-order valence-corrected chi connectivity index (χ2v) is 6.12. The Kier molecular flexibility index (Phi) is 7.18.